The van der Waals surface area contributed by atoms with Gasteiger partial charge in [-0.3, -0.25) is 4.79 Å². The van der Waals surface area contributed by atoms with Crippen LogP contribution >= 0.6 is 0 Å². The number of rotatable bonds is 4. The maximum Gasteiger partial charge on any atom is 0.311 e. The lowest BCUT2D eigenvalue weighted by Crippen LogP contribution is -2.36. The average Bonchev–Trinajstić information content (AvgIpc) is 3.18. The summed E-state index contributed by atoms with van der Waals surface area (Å²) in [7, 11) is 0. The molecular weight excluding hydrogens is 400 g/mol. The maximum absolute atomic E-state index is 12.1. The van der Waals surface area contributed by atoms with E-state index in [0.717, 1.165) is 30.4 Å². The predicted octanol–water partition coefficient (Wildman–Crippen LogP) is 5.50. The summed E-state index contributed by atoms with van der Waals surface area (Å²) in [5.74, 6) is 1.74. The van der Waals surface area contributed by atoms with Crippen LogP contribution in [0.3, 0.4) is 0 Å². The first-order valence-corrected chi connectivity index (χ1v) is 12.7. The molecule has 0 aromatic heterocycles. The van der Waals surface area contributed by atoms with Crippen LogP contribution in [0.5, 0.6) is 0 Å². The van der Waals surface area contributed by atoms with Crippen LogP contribution in [0, 0.1) is 28.6 Å². The van der Waals surface area contributed by atoms with Gasteiger partial charge in [-0.15, -0.1) is 0 Å². The number of hydrogen-bond acceptors (Lipinski definition) is 4. The van der Waals surface area contributed by atoms with Crippen LogP contribution in [0.2, 0.25) is 0 Å². The van der Waals surface area contributed by atoms with E-state index in [9.17, 15) is 15.0 Å². The highest BCUT2D eigenvalue weighted by Gasteiger charge is 2.51. The highest BCUT2D eigenvalue weighted by atomic mass is 16.6. The number of ether oxygens (including phenoxy) is 1. The molecule has 0 aromatic rings. The van der Waals surface area contributed by atoms with E-state index in [4.69, 9.17) is 4.74 Å². The average molecular weight is 443 g/mol. The summed E-state index contributed by atoms with van der Waals surface area (Å²) in [4.78, 5) is 12.1. The van der Waals surface area contributed by atoms with Gasteiger partial charge in [-0.25, -0.2) is 0 Å². The second-order valence-electron chi connectivity index (χ2n) is 12.0. The topological polar surface area (TPSA) is 66.8 Å². The van der Waals surface area contributed by atoms with Gasteiger partial charge in [0, 0.05) is 6.42 Å². The Morgan fingerprint density at radius 3 is 2.66 bits per heavy atom. The Balaban J connectivity index is 1.47. The van der Waals surface area contributed by atoms with E-state index in [2.05, 4.69) is 32.6 Å². The molecule has 1 heterocycles. The predicted molar refractivity (Wildman–Crippen MR) is 127 cm³/mol. The van der Waals surface area contributed by atoms with Crippen molar-refractivity contribution in [2.24, 2.45) is 28.6 Å². The number of esters is 1. The Kier molecular flexibility index (Phi) is 6.50. The first-order valence-electron chi connectivity index (χ1n) is 12.7. The van der Waals surface area contributed by atoms with Crippen molar-refractivity contribution in [3.63, 3.8) is 0 Å². The minimum atomic E-state index is -0.633. The Bertz CT molecular complexity index is 821. The molecule has 0 spiro atoms. The minimum Gasteiger partial charge on any atom is -0.462 e. The molecule has 0 aromatic carbocycles. The van der Waals surface area contributed by atoms with Gasteiger partial charge >= 0.3 is 5.97 Å². The van der Waals surface area contributed by atoms with Crippen molar-refractivity contribution >= 4 is 5.97 Å². The van der Waals surface area contributed by atoms with E-state index in [1.807, 2.05) is 13.8 Å². The number of aliphatic hydroxyl groups excluding tert-OH is 2. The molecule has 0 amide bonds. The quantitative estimate of drug-likeness (QED) is 0.565. The first kappa shape index (κ1) is 23.8. The van der Waals surface area contributed by atoms with E-state index < -0.39 is 12.2 Å². The van der Waals surface area contributed by atoms with Crippen LogP contribution in [0.1, 0.15) is 85.5 Å². The number of allylic oxidation sites excluding steroid dienone is 3. The molecule has 178 valence electrons. The SMILES string of the molecule is C=C1C(=CC=C2CCC[C@@]3(C)C2CC[C@@H]3[C@H](C)CC2CC(C)(C)C(=O)O2)C[C@@H](O)C[C@@H]1O. The monoisotopic (exact) mass is 442 g/mol. The van der Waals surface area contributed by atoms with Gasteiger partial charge in [0.2, 0.25) is 0 Å². The lowest BCUT2D eigenvalue weighted by atomic mass is 9.60. The Labute approximate surface area is 193 Å². The molecule has 0 bridgehead atoms. The van der Waals surface area contributed by atoms with E-state index >= 15 is 0 Å². The lowest BCUT2D eigenvalue weighted by Gasteiger charge is -2.44. The molecule has 7 atom stereocenters. The molecular formula is C28H42O4. The summed E-state index contributed by atoms with van der Waals surface area (Å²) in [6.45, 7) is 12.9. The molecule has 2 N–H and O–H groups in total. The Hall–Kier alpha value is -1.39. The molecule has 3 aliphatic carbocycles. The molecule has 4 nitrogen and oxygen atoms in total. The third kappa shape index (κ3) is 4.37. The van der Waals surface area contributed by atoms with Gasteiger partial charge in [0.15, 0.2) is 0 Å². The fourth-order valence-electron chi connectivity index (χ4n) is 7.39. The standard InChI is InChI=1S/C28H42O4/c1-17(13-22-16-27(3,4)26(31)32-22)23-10-11-24-19(7-6-12-28(23,24)5)8-9-20-14-21(29)15-25(30)18(20)2/h8-9,17,21-25,29-30H,2,6-7,10-16H2,1,3-5H3/t17-,21-,22?,23-,24?,25+,28-/m1/s1. The van der Waals surface area contributed by atoms with Gasteiger partial charge in [-0.2, -0.15) is 0 Å². The number of fused-ring (bicyclic) bond motifs is 1. The third-order valence-electron chi connectivity index (χ3n) is 9.19. The van der Waals surface area contributed by atoms with Crippen molar-refractivity contribution in [1.29, 1.82) is 0 Å². The Morgan fingerprint density at radius 1 is 1.22 bits per heavy atom. The van der Waals surface area contributed by atoms with Crippen LogP contribution < -0.4 is 0 Å². The molecule has 4 rings (SSSR count). The fourth-order valence-corrected chi connectivity index (χ4v) is 7.39. The largest absolute Gasteiger partial charge is 0.462 e. The number of aliphatic hydroxyl groups is 2. The zero-order valence-corrected chi connectivity index (χ0v) is 20.4. The van der Waals surface area contributed by atoms with Crippen LogP contribution in [-0.2, 0) is 9.53 Å². The van der Waals surface area contributed by atoms with E-state index in [1.54, 1.807) is 0 Å². The van der Waals surface area contributed by atoms with Crippen molar-refractivity contribution in [1.82, 2.24) is 0 Å². The van der Waals surface area contributed by atoms with Crippen LogP contribution in [0.4, 0.5) is 0 Å². The van der Waals surface area contributed by atoms with E-state index in [-0.39, 0.29) is 17.5 Å². The summed E-state index contributed by atoms with van der Waals surface area (Å²) >= 11 is 0. The van der Waals surface area contributed by atoms with E-state index in [0.29, 0.717) is 36.0 Å². The molecule has 4 heteroatoms. The zero-order chi connectivity index (χ0) is 23.3. The molecule has 2 unspecified atom stereocenters. The molecule has 4 fully saturated rings. The second kappa shape index (κ2) is 8.76. The van der Waals surface area contributed by atoms with Gasteiger partial charge in [-0.05, 0) is 99.5 Å². The highest BCUT2D eigenvalue weighted by molar-refractivity contribution is 5.78. The number of carbonyl (C=O) groups excluding carboxylic acids is 1. The van der Waals surface area contributed by atoms with Gasteiger partial charge in [0.25, 0.3) is 0 Å². The van der Waals surface area contributed by atoms with Crippen molar-refractivity contribution in [2.45, 2.75) is 104 Å². The summed E-state index contributed by atoms with van der Waals surface area (Å²) in [6.07, 6.45) is 12.2. The summed E-state index contributed by atoms with van der Waals surface area (Å²) in [5, 5.41) is 20.2. The van der Waals surface area contributed by atoms with Gasteiger partial charge in [-0.1, -0.05) is 38.2 Å². The zero-order valence-electron chi connectivity index (χ0n) is 20.4. The van der Waals surface area contributed by atoms with E-state index in [1.165, 1.54) is 31.3 Å². The molecule has 1 saturated heterocycles. The number of cyclic esters (lactones) is 1. The third-order valence-corrected chi connectivity index (χ3v) is 9.19. The van der Waals surface area contributed by atoms with Gasteiger partial charge < -0.3 is 14.9 Å². The molecule has 0 radical (unpaired) electrons. The maximum atomic E-state index is 12.1. The lowest BCUT2D eigenvalue weighted by molar-refractivity contribution is -0.148. The summed E-state index contributed by atoms with van der Waals surface area (Å²) in [6, 6.07) is 0. The smallest absolute Gasteiger partial charge is 0.311 e. The van der Waals surface area contributed by atoms with Crippen LogP contribution in [-0.4, -0.2) is 34.5 Å². The molecule has 1 aliphatic heterocycles. The van der Waals surface area contributed by atoms with Crippen molar-refractivity contribution in [2.75, 3.05) is 0 Å². The molecule has 32 heavy (non-hydrogen) atoms. The second-order valence-corrected chi connectivity index (χ2v) is 12.0. The van der Waals surface area contributed by atoms with Gasteiger partial charge in [0.05, 0.1) is 17.6 Å². The van der Waals surface area contributed by atoms with Crippen LogP contribution in [0.15, 0.2) is 35.5 Å². The normalized spacial score (nSPS) is 42.9. The van der Waals surface area contributed by atoms with Crippen molar-refractivity contribution < 1.29 is 19.7 Å². The fraction of sp³-hybridized carbons (Fsp3) is 0.750. The number of hydrogen-bond donors (Lipinski definition) is 2. The molecule has 4 aliphatic rings. The molecule has 3 saturated carbocycles. The van der Waals surface area contributed by atoms with Crippen molar-refractivity contribution in [3.8, 4) is 0 Å². The highest BCUT2D eigenvalue weighted by Crippen LogP contribution is 2.60. The van der Waals surface area contributed by atoms with Crippen LogP contribution in [0.25, 0.3) is 0 Å². The summed E-state index contributed by atoms with van der Waals surface area (Å²) in [5.41, 5.74) is 3.23. The number of carbonyl (C=O) groups is 1. The van der Waals surface area contributed by atoms with Gasteiger partial charge in [0.1, 0.15) is 6.10 Å². The minimum absolute atomic E-state index is 0.0410. The summed E-state index contributed by atoms with van der Waals surface area (Å²) < 4.78 is 5.72. The van der Waals surface area contributed by atoms with Crippen molar-refractivity contribution in [3.05, 3.63) is 35.5 Å². The Morgan fingerprint density at radius 2 is 1.97 bits per heavy atom. The first-order chi connectivity index (χ1) is 15.0.